The van der Waals surface area contributed by atoms with Crippen LogP contribution in [0.5, 0.6) is 0 Å². The van der Waals surface area contributed by atoms with Crippen LogP contribution < -0.4 is 4.90 Å². The van der Waals surface area contributed by atoms with Gasteiger partial charge in [-0.2, -0.15) is 0 Å². The predicted molar refractivity (Wildman–Crippen MR) is 125 cm³/mol. The zero-order valence-electron chi connectivity index (χ0n) is 19.8. The molecule has 0 aliphatic heterocycles. The highest BCUT2D eigenvalue weighted by molar-refractivity contribution is 5.96. The summed E-state index contributed by atoms with van der Waals surface area (Å²) < 4.78 is 5.53. The molecule has 0 bridgehead atoms. The van der Waals surface area contributed by atoms with E-state index in [4.69, 9.17) is 4.74 Å². The zero-order chi connectivity index (χ0) is 23.0. The SMILES string of the molecule is CC(=O)O[C@@H]1C[C@@]2(O)[C@H](C)CC[C@@H](C(C)CN(C(=O)C3CC3)c3ccccc3)[C@H]2C=C1C. The summed E-state index contributed by atoms with van der Waals surface area (Å²) in [6, 6.07) is 9.97. The molecule has 1 amide bonds. The molecule has 4 rings (SSSR count). The van der Waals surface area contributed by atoms with Crippen LogP contribution in [0.4, 0.5) is 5.69 Å². The second-order valence-corrected chi connectivity index (χ2v) is 10.4. The lowest BCUT2D eigenvalue weighted by Crippen LogP contribution is -2.56. The Hall–Kier alpha value is -2.14. The van der Waals surface area contributed by atoms with Gasteiger partial charge >= 0.3 is 5.97 Å². The molecule has 3 aliphatic rings. The summed E-state index contributed by atoms with van der Waals surface area (Å²) in [5.74, 6) is 0.715. The maximum absolute atomic E-state index is 13.1. The van der Waals surface area contributed by atoms with Crippen molar-refractivity contribution in [3.05, 3.63) is 42.0 Å². The molecule has 0 aromatic heterocycles. The smallest absolute Gasteiger partial charge is 0.303 e. The minimum absolute atomic E-state index is 0.00158. The largest absolute Gasteiger partial charge is 0.458 e. The second kappa shape index (κ2) is 9.01. The summed E-state index contributed by atoms with van der Waals surface area (Å²) in [5, 5.41) is 11.8. The summed E-state index contributed by atoms with van der Waals surface area (Å²) in [6.07, 6.45) is 6.18. The molecule has 2 saturated carbocycles. The molecule has 6 atom stereocenters. The van der Waals surface area contributed by atoms with E-state index in [1.165, 1.54) is 6.92 Å². The van der Waals surface area contributed by atoms with Crippen molar-refractivity contribution in [3.8, 4) is 0 Å². The van der Waals surface area contributed by atoms with Crippen LogP contribution in [0, 0.1) is 29.6 Å². The Morgan fingerprint density at radius 1 is 1.19 bits per heavy atom. The van der Waals surface area contributed by atoms with Gasteiger partial charge in [0.2, 0.25) is 5.91 Å². The van der Waals surface area contributed by atoms with E-state index in [2.05, 4.69) is 19.9 Å². The summed E-state index contributed by atoms with van der Waals surface area (Å²) >= 11 is 0. The van der Waals surface area contributed by atoms with Crippen molar-refractivity contribution in [2.75, 3.05) is 11.4 Å². The van der Waals surface area contributed by atoms with Crippen LogP contribution in [0.3, 0.4) is 0 Å². The van der Waals surface area contributed by atoms with Crippen LogP contribution in [0.1, 0.15) is 59.8 Å². The number of amides is 1. The molecule has 1 aromatic rings. The third-order valence-corrected chi connectivity index (χ3v) is 8.06. The van der Waals surface area contributed by atoms with Gasteiger partial charge in [-0.15, -0.1) is 0 Å². The van der Waals surface area contributed by atoms with E-state index >= 15 is 0 Å². The molecule has 2 fully saturated rings. The molecule has 3 aliphatic carbocycles. The number of hydrogen-bond acceptors (Lipinski definition) is 4. The lowest BCUT2D eigenvalue weighted by Gasteiger charge is -2.53. The Bertz CT molecular complexity index is 877. The van der Waals surface area contributed by atoms with Crippen LogP contribution in [-0.4, -0.2) is 35.2 Å². The summed E-state index contributed by atoms with van der Waals surface area (Å²) in [4.78, 5) is 26.7. The third-order valence-electron chi connectivity index (χ3n) is 8.06. The second-order valence-electron chi connectivity index (χ2n) is 10.4. The molecule has 5 nitrogen and oxygen atoms in total. The average molecular weight is 440 g/mol. The number of hydrogen-bond donors (Lipinski definition) is 1. The lowest BCUT2D eigenvalue weighted by molar-refractivity contribution is -0.159. The first kappa shape index (κ1) is 23.0. The van der Waals surface area contributed by atoms with Gasteiger partial charge in [0.05, 0.1) is 5.60 Å². The van der Waals surface area contributed by atoms with E-state index < -0.39 is 5.60 Å². The molecule has 0 radical (unpaired) electrons. The van der Waals surface area contributed by atoms with Gasteiger partial charge in [0.15, 0.2) is 0 Å². The number of aliphatic hydroxyl groups is 1. The van der Waals surface area contributed by atoms with Crippen molar-refractivity contribution in [3.63, 3.8) is 0 Å². The fourth-order valence-electron chi connectivity index (χ4n) is 5.90. The number of fused-ring (bicyclic) bond motifs is 1. The van der Waals surface area contributed by atoms with Gasteiger partial charge in [-0.3, -0.25) is 9.59 Å². The first-order chi connectivity index (χ1) is 15.2. The molecule has 0 saturated heterocycles. The highest BCUT2D eigenvalue weighted by atomic mass is 16.5. The monoisotopic (exact) mass is 439 g/mol. The molecule has 1 aromatic carbocycles. The Morgan fingerprint density at radius 3 is 2.50 bits per heavy atom. The van der Waals surface area contributed by atoms with Gasteiger partial charge in [-0.1, -0.05) is 38.1 Å². The number of nitrogens with zero attached hydrogens (tertiary/aromatic N) is 1. The summed E-state index contributed by atoms with van der Waals surface area (Å²) in [7, 11) is 0. The Labute approximate surface area is 191 Å². The fourth-order valence-corrected chi connectivity index (χ4v) is 5.90. The minimum Gasteiger partial charge on any atom is -0.458 e. The molecule has 1 unspecified atom stereocenters. The van der Waals surface area contributed by atoms with Crippen molar-refractivity contribution >= 4 is 17.6 Å². The number of benzene rings is 1. The minimum atomic E-state index is -0.894. The average Bonchev–Trinajstić information content (AvgIpc) is 3.59. The number of rotatable bonds is 6. The van der Waals surface area contributed by atoms with E-state index in [1.54, 1.807) is 0 Å². The van der Waals surface area contributed by atoms with Crippen LogP contribution in [0.2, 0.25) is 0 Å². The Kier molecular flexibility index (Phi) is 6.49. The van der Waals surface area contributed by atoms with E-state index in [-0.39, 0.29) is 47.6 Å². The van der Waals surface area contributed by atoms with Crippen LogP contribution in [0.25, 0.3) is 0 Å². The van der Waals surface area contributed by atoms with Gasteiger partial charge in [-0.25, -0.2) is 0 Å². The van der Waals surface area contributed by atoms with Crippen molar-refractivity contribution < 1.29 is 19.4 Å². The van der Waals surface area contributed by atoms with E-state index in [0.29, 0.717) is 13.0 Å². The standard InChI is InChI=1S/C27H37NO4/c1-17-14-24-23(13-10-19(3)27(24,31)15-25(17)32-20(4)29)18(2)16-28(26(30)21-11-12-21)22-8-6-5-7-9-22/h5-9,14,18-19,21,23-25,31H,10-13,15-16H2,1-4H3/t18?,19-,23+,24-,25-,27-/m1/s1. The maximum Gasteiger partial charge on any atom is 0.303 e. The normalized spacial score (nSPS) is 33.0. The molecule has 32 heavy (non-hydrogen) atoms. The van der Waals surface area contributed by atoms with E-state index in [0.717, 1.165) is 36.9 Å². The Balaban J connectivity index is 1.58. The fraction of sp³-hybridized carbons (Fsp3) is 0.630. The molecule has 1 N–H and O–H groups in total. The van der Waals surface area contributed by atoms with Crippen molar-refractivity contribution in [1.82, 2.24) is 0 Å². The molecular weight excluding hydrogens is 402 g/mol. The summed E-state index contributed by atoms with van der Waals surface area (Å²) in [5.41, 5.74) is 1.09. The number of ether oxygens (including phenoxy) is 1. The number of carbonyl (C=O) groups is 2. The van der Waals surface area contributed by atoms with E-state index in [1.807, 2.05) is 42.2 Å². The van der Waals surface area contributed by atoms with Crippen LogP contribution >= 0.6 is 0 Å². The van der Waals surface area contributed by atoms with Gasteiger partial charge in [-0.05, 0) is 68.1 Å². The first-order valence-corrected chi connectivity index (χ1v) is 12.1. The lowest BCUT2D eigenvalue weighted by atomic mass is 9.57. The highest BCUT2D eigenvalue weighted by Gasteiger charge is 2.53. The van der Waals surface area contributed by atoms with Gasteiger partial charge in [0.1, 0.15) is 6.10 Å². The zero-order valence-corrected chi connectivity index (χ0v) is 19.8. The van der Waals surface area contributed by atoms with Crippen molar-refractivity contribution in [2.45, 2.75) is 71.5 Å². The van der Waals surface area contributed by atoms with Gasteiger partial charge in [0.25, 0.3) is 0 Å². The number of para-hydroxylation sites is 1. The number of anilines is 1. The topological polar surface area (TPSA) is 66.8 Å². The third kappa shape index (κ3) is 4.50. The predicted octanol–water partition coefficient (Wildman–Crippen LogP) is 4.74. The van der Waals surface area contributed by atoms with Crippen molar-refractivity contribution in [2.24, 2.45) is 29.6 Å². The molecule has 0 spiro atoms. The van der Waals surface area contributed by atoms with Gasteiger partial charge < -0.3 is 14.7 Å². The number of carbonyl (C=O) groups excluding carboxylic acids is 2. The maximum atomic E-state index is 13.1. The van der Waals surface area contributed by atoms with Crippen LogP contribution in [-0.2, 0) is 14.3 Å². The first-order valence-electron chi connectivity index (χ1n) is 12.1. The van der Waals surface area contributed by atoms with Gasteiger partial charge in [0, 0.05) is 37.4 Å². The number of esters is 1. The summed E-state index contributed by atoms with van der Waals surface area (Å²) in [6.45, 7) is 8.42. The molecule has 0 heterocycles. The molecule has 5 heteroatoms. The highest BCUT2D eigenvalue weighted by Crippen LogP contribution is 2.51. The van der Waals surface area contributed by atoms with E-state index in [9.17, 15) is 14.7 Å². The van der Waals surface area contributed by atoms with Crippen LogP contribution in [0.15, 0.2) is 42.0 Å². The quantitative estimate of drug-likeness (QED) is 0.514. The Morgan fingerprint density at radius 2 is 1.88 bits per heavy atom. The molecule has 174 valence electrons. The molecular formula is C27H37NO4. The van der Waals surface area contributed by atoms with Crippen molar-refractivity contribution in [1.29, 1.82) is 0 Å².